The molecule has 0 aliphatic carbocycles. The zero-order valence-electron chi connectivity index (χ0n) is 17.1. The number of amides is 2. The van der Waals surface area contributed by atoms with Gasteiger partial charge in [0.15, 0.2) is 0 Å². The first-order chi connectivity index (χ1) is 12.9. The summed E-state index contributed by atoms with van der Waals surface area (Å²) in [5.74, 6) is 0.147. The molecule has 0 radical (unpaired) electrons. The number of likely N-dealkylation sites (N-methyl/N-ethyl adjacent to an activating group) is 1. The monoisotopic (exact) mass is 381 g/mol. The first kappa shape index (κ1) is 20.6. The smallest absolute Gasteiger partial charge is 0.236 e. The second-order valence-corrected chi connectivity index (χ2v) is 8.42. The number of aliphatic hydroxyl groups excluding tert-OH is 1. The molecule has 3 aliphatic heterocycles. The Bertz CT molecular complexity index is 553. The van der Waals surface area contributed by atoms with Crippen LogP contribution in [0.15, 0.2) is 0 Å². The number of aliphatic hydroxyl groups is 1. The van der Waals surface area contributed by atoms with Crippen LogP contribution in [0.3, 0.4) is 0 Å². The predicted octanol–water partition coefficient (Wildman–Crippen LogP) is 0.466. The Labute approximate surface area is 162 Å². The lowest BCUT2D eigenvalue weighted by atomic mass is 9.83. The number of carbonyl (C=O) groups is 2. The molecule has 0 aromatic rings. The van der Waals surface area contributed by atoms with Crippen LogP contribution in [0.2, 0.25) is 0 Å². The Kier molecular flexibility index (Phi) is 6.43. The first-order valence-electron chi connectivity index (χ1n) is 10.5. The van der Waals surface area contributed by atoms with Gasteiger partial charge in [-0.3, -0.25) is 14.5 Å². The Morgan fingerprint density at radius 1 is 1.22 bits per heavy atom. The highest BCUT2D eigenvalue weighted by molar-refractivity contribution is 5.80. The maximum Gasteiger partial charge on any atom is 0.236 e. The van der Waals surface area contributed by atoms with Crippen molar-refractivity contribution in [2.24, 2.45) is 17.8 Å². The van der Waals surface area contributed by atoms with Crippen LogP contribution in [-0.2, 0) is 14.3 Å². The van der Waals surface area contributed by atoms with Crippen molar-refractivity contribution >= 4 is 11.8 Å². The fourth-order valence-electron chi connectivity index (χ4n) is 4.96. The van der Waals surface area contributed by atoms with Gasteiger partial charge in [-0.15, -0.1) is 0 Å². The van der Waals surface area contributed by atoms with E-state index in [4.69, 9.17) is 4.74 Å². The van der Waals surface area contributed by atoms with Crippen LogP contribution in [0.1, 0.15) is 40.0 Å². The SMILES string of the molecule is CCC(CC)NC(=O)C1C[C@@H]2O[C@H]1[C@H]1CN(CC(=O)N(C)CC)C[C@H]1[C@@H]2O. The van der Waals surface area contributed by atoms with Gasteiger partial charge in [-0.1, -0.05) is 13.8 Å². The molecule has 1 unspecified atom stereocenters. The zero-order valence-corrected chi connectivity index (χ0v) is 17.1. The summed E-state index contributed by atoms with van der Waals surface area (Å²) < 4.78 is 6.10. The summed E-state index contributed by atoms with van der Waals surface area (Å²) in [6.45, 7) is 8.58. The lowest BCUT2D eigenvalue weighted by molar-refractivity contribution is -0.141. The summed E-state index contributed by atoms with van der Waals surface area (Å²) in [6.07, 6.45) is 1.46. The average molecular weight is 382 g/mol. The highest BCUT2D eigenvalue weighted by Crippen LogP contribution is 2.46. The molecule has 3 aliphatic rings. The second-order valence-electron chi connectivity index (χ2n) is 8.42. The number of rotatable bonds is 7. The van der Waals surface area contributed by atoms with Crippen LogP contribution in [0.4, 0.5) is 0 Å². The van der Waals surface area contributed by atoms with Crippen molar-refractivity contribution < 1.29 is 19.4 Å². The van der Waals surface area contributed by atoms with E-state index in [0.717, 1.165) is 12.8 Å². The first-order valence-corrected chi connectivity index (χ1v) is 10.5. The van der Waals surface area contributed by atoms with E-state index in [1.54, 1.807) is 4.90 Å². The molecule has 7 heteroatoms. The quantitative estimate of drug-likeness (QED) is 0.670. The van der Waals surface area contributed by atoms with Crippen molar-refractivity contribution in [1.82, 2.24) is 15.1 Å². The number of nitrogens with one attached hydrogen (secondary N) is 1. The van der Waals surface area contributed by atoms with Crippen molar-refractivity contribution in [3.8, 4) is 0 Å². The molecular weight excluding hydrogens is 346 g/mol. The Morgan fingerprint density at radius 3 is 2.52 bits per heavy atom. The number of likely N-dealkylation sites (tertiary alicyclic amines) is 1. The second kappa shape index (κ2) is 8.45. The Hall–Kier alpha value is -1.18. The third-order valence-electron chi connectivity index (χ3n) is 6.87. The van der Waals surface area contributed by atoms with E-state index in [2.05, 4.69) is 24.1 Å². The van der Waals surface area contributed by atoms with Crippen LogP contribution in [0.5, 0.6) is 0 Å². The number of ether oxygens (including phenoxy) is 1. The maximum atomic E-state index is 12.9. The molecule has 3 heterocycles. The molecule has 2 bridgehead atoms. The summed E-state index contributed by atoms with van der Waals surface area (Å²) >= 11 is 0. The highest BCUT2D eigenvalue weighted by atomic mass is 16.5. The van der Waals surface area contributed by atoms with E-state index in [1.807, 2.05) is 14.0 Å². The number of carbonyl (C=O) groups excluding carboxylic acids is 2. The molecule has 6 atom stereocenters. The lowest BCUT2D eigenvalue weighted by Gasteiger charge is -2.36. The Balaban J connectivity index is 1.67. The minimum atomic E-state index is -0.554. The molecule has 0 spiro atoms. The molecule has 0 saturated carbocycles. The van der Waals surface area contributed by atoms with Crippen molar-refractivity contribution in [2.75, 3.05) is 33.2 Å². The van der Waals surface area contributed by atoms with Crippen LogP contribution in [0.25, 0.3) is 0 Å². The molecule has 2 amide bonds. The largest absolute Gasteiger partial charge is 0.390 e. The van der Waals surface area contributed by atoms with Crippen LogP contribution in [0, 0.1) is 17.8 Å². The van der Waals surface area contributed by atoms with Gasteiger partial charge in [0.05, 0.1) is 30.8 Å². The van der Waals surface area contributed by atoms with Gasteiger partial charge < -0.3 is 20.1 Å². The number of hydrogen-bond donors (Lipinski definition) is 2. The van der Waals surface area contributed by atoms with Crippen molar-refractivity contribution in [1.29, 1.82) is 0 Å². The van der Waals surface area contributed by atoms with Gasteiger partial charge in [0.2, 0.25) is 11.8 Å². The van der Waals surface area contributed by atoms with E-state index in [9.17, 15) is 14.7 Å². The van der Waals surface area contributed by atoms with Crippen LogP contribution < -0.4 is 5.32 Å². The molecule has 0 aromatic carbocycles. The zero-order chi connectivity index (χ0) is 19.7. The third-order valence-corrected chi connectivity index (χ3v) is 6.87. The average Bonchev–Trinajstić information content (AvgIpc) is 3.26. The number of nitrogens with zero attached hydrogens (tertiary/aromatic N) is 2. The van der Waals surface area contributed by atoms with Gasteiger partial charge in [-0.25, -0.2) is 0 Å². The van der Waals surface area contributed by atoms with Gasteiger partial charge >= 0.3 is 0 Å². The normalized spacial score (nSPS) is 35.3. The summed E-state index contributed by atoms with van der Waals surface area (Å²) in [4.78, 5) is 28.9. The van der Waals surface area contributed by atoms with Gasteiger partial charge in [0, 0.05) is 44.6 Å². The number of hydrogen-bond acceptors (Lipinski definition) is 5. The molecule has 7 nitrogen and oxygen atoms in total. The fraction of sp³-hybridized carbons (Fsp3) is 0.900. The van der Waals surface area contributed by atoms with Gasteiger partial charge in [0.25, 0.3) is 0 Å². The molecule has 3 saturated heterocycles. The minimum absolute atomic E-state index is 0.0595. The maximum absolute atomic E-state index is 12.9. The summed E-state index contributed by atoms with van der Waals surface area (Å²) in [7, 11) is 1.81. The standard InChI is InChI=1S/C20H35N3O4/c1-5-12(6-2)21-20(26)13-8-16-18(25)14-9-23(10-15(14)19(13)27-16)11-17(24)22(4)7-3/h12-16,18-19,25H,5-11H2,1-4H3,(H,21,26)/t13?,14-,15+,16+,18+,19-/m1/s1. The minimum Gasteiger partial charge on any atom is -0.390 e. The molecule has 3 rings (SSSR count). The lowest BCUT2D eigenvalue weighted by Crippen LogP contribution is -2.48. The van der Waals surface area contributed by atoms with E-state index in [-0.39, 0.29) is 47.8 Å². The van der Waals surface area contributed by atoms with E-state index >= 15 is 0 Å². The van der Waals surface area contributed by atoms with Gasteiger partial charge in [0.1, 0.15) is 0 Å². The van der Waals surface area contributed by atoms with Crippen molar-refractivity contribution in [2.45, 2.75) is 64.4 Å². The molecule has 154 valence electrons. The highest BCUT2D eigenvalue weighted by Gasteiger charge is 2.57. The van der Waals surface area contributed by atoms with Gasteiger partial charge in [-0.05, 0) is 26.2 Å². The number of fused-ring (bicyclic) bond motifs is 4. The topological polar surface area (TPSA) is 82.1 Å². The molecule has 27 heavy (non-hydrogen) atoms. The predicted molar refractivity (Wildman–Crippen MR) is 102 cm³/mol. The Morgan fingerprint density at radius 2 is 1.89 bits per heavy atom. The van der Waals surface area contributed by atoms with Crippen molar-refractivity contribution in [3.05, 3.63) is 0 Å². The van der Waals surface area contributed by atoms with E-state index < -0.39 is 6.10 Å². The van der Waals surface area contributed by atoms with Crippen LogP contribution in [-0.4, -0.2) is 84.3 Å². The van der Waals surface area contributed by atoms with Gasteiger partial charge in [-0.2, -0.15) is 0 Å². The fourth-order valence-corrected chi connectivity index (χ4v) is 4.96. The van der Waals surface area contributed by atoms with Crippen LogP contribution >= 0.6 is 0 Å². The van der Waals surface area contributed by atoms with Crippen molar-refractivity contribution in [3.63, 3.8) is 0 Å². The molecule has 2 N–H and O–H groups in total. The molecule has 3 fully saturated rings. The molecule has 0 aromatic heterocycles. The third kappa shape index (κ3) is 4.00. The summed E-state index contributed by atoms with van der Waals surface area (Å²) in [5, 5.41) is 13.9. The van der Waals surface area contributed by atoms with E-state index in [0.29, 0.717) is 32.6 Å². The molecular formula is C20H35N3O4. The summed E-state index contributed by atoms with van der Waals surface area (Å²) in [5.41, 5.74) is 0. The summed E-state index contributed by atoms with van der Waals surface area (Å²) in [6, 6.07) is 0.195. The van der Waals surface area contributed by atoms with E-state index in [1.165, 1.54) is 0 Å².